The Labute approximate surface area is 194 Å². The Kier molecular flexibility index (Phi) is 5.53. The summed E-state index contributed by atoms with van der Waals surface area (Å²) in [5.41, 5.74) is 5.17. The number of phenolic OH excluding ortho intramolecular Hbond substituents is 1. The molecule has 0 radical (unpaired) electrons. The fourth-order valence-electron chi connectivity index (χ4n) is 3.77. The lowest BCUT2D eigenvalue weighted by Crippen LogP contribution is -2.11. The Balaban J connectivity index is 1.38. The molecule has 0 saturated heterocycles. The zero-order valence-electron chi connectivity index (χ0n) is 18.0. The molecule has 2 heterocycles. The average Bonchev–Trinajstić information content (AvgIpc) is 3.46. The molecule has 0 fully saturated rings. The lowest BCUT2D eigenvalue weighted by molar-refractivity contribution is 0.102. The zero-order valence-corrected chi connectivity index (χ0v) is 18.0. The molecule has 8 heteroatoms. The van der Waals surface area contributed by atoms with E-state index in [0.29, 0.717) is 28.9 Å². The van der Waals surface area contributed by atoms with Gasteiger partial charge in [0, 0.05) is 35.1 Å². The number of benzene rings is 3. The summed E-state index contributed by atoms with van der Waals surface area (Å²) in [7, 11) is 0. The van der Waals surface area contributed by atoms with E-state index in [-0.39, 0.29) is 17.5 Å². The number of hydrogen-bond acceptors (Lipinski definition) is 5. The molecule has 5 aromatic rings. The first-order chi connectivity index (χ1) is 16.5. The zero-order chi connectivity index (χ0) is 23.5. The van der Waals surface area contributed by atoms with Crippen LogP contribution < -0.4 is 5.32 Å². The molecule has 1 amide bonds. The number of carbonyl (C=O) groups excluding carboxylic acids is 1. The number of phenols is 1. The maximum atomic E-state index is 12.3. The molecule has 0 aliphatic rings. The van der Waals surface area contributed by atoms with Gasteiger partial charge in [-0.3, -0.25) is 14.9 Å². The van der Waals surface area contributed by atoms with Gasteiger partial charge in [0.15, 0.2) is 5.88 Å². The van der Waals surface area contributed by atoms with Crippen molar-refractivity contribution < 1.29 is 15.0 Å². The molecule has 0 unspecified atom stereocenters. The lowest BCUT2D eigenvalue weighted by Gasteiger charge is -2.07. The molecule has 5 N–H and O–H groups in total. The number of aliphatic imine (C=N–C) groups is 1. The summed E-state index contributed by atoms with van der Waals surface area (Å²) in [6, 6.07) is 20.2. The van der Waals surface area contributed by atoms with Crippen LogP contribution in [-0.4, -0.2) is 37.5 Å². The minimum Gasteiger partial charge on any atom is -0.508 e. The second kappa shape index (κ2) is 8.95. The maximum absolute atomic E-state index is 12.3. The van der Waals surface area contributed by atoms with Gasteiger partial charge in [-0.15, -0.1) is 0 Å². The number of fused-ring (bicyclic) bond motifs is 1. The van der Waals surface area contributed by atoms with Gasteiger partial charge in [-0.25, -0.2) is 0 Å². The molecule has 168 valence electrons. The van der Waals surface area contributed by atoms with Gasteiger partial charge in [0.1, 0.15) is 5.75 Å². The second-order valence-electron chi connectivity index (χ2n) is 7.86. The molecule has 3 aromatic carbocycles. The van der Waals surface area contributed by atoms with Gasteiger partial charge in [0.25, 0.3) is 5.91 Å². The number of anilines is 1. The molecule has 0 bridgehead atoms. The van der Waals surface area contributed by atoms with Crippen molar-refractivity contribution in [1.82, 2.24) is 15.2 Å². The van der Waals surface area contributed by atoms with Crippen molar-refractivity contribution in [3.63, 3.8) is 0 Å². The quantitative estimate of drug-likeness (QED) is 0.235. The highest BCUT2D eigenvalue weighted by molar-refractivity contribution is 6.04. The second-order valence-corrected chi connectivity index (χ2v) is 7.86. The maximum Gasteiger partial charge on any atom is 0.258 e. The van der Waals surface area contributed by atoms with Crippen molar-refractivity contribution in [2.24, 2.45) is 4.99 Å². The molecule has 0 aliphatic heterocycles. The van der Waals surface area contributed by atoms with E-state index in [2.05, 4.69) is 25.5 Å². The smallest absolute Gasteiger partial charge is 0.258 e. The topological polar surface area (TPSA) is 126 Å². The van der Waals surface area contributed by atoms with Crippen LogP contribution >= 0.6 is 0 Å². The molecular weight excluding hydrogens is 430 g/mol. The van der Waals surface area contributed by atoms with Crippen molar-refractivity contribution in [3.05, 3.63) is 101 Å². The minimum absolute atomic E-state index is 0.0278. The van der Waals surface area contributed by atoms with Crippen molar-refractivity contribution in [2.45, 2.75) is 6.42 Å². The van der Waals surface area contributed by atoms with Gasteiger partial charge < -0.3 is 20.5 Å². The predicted octanol–water partition coefficient (Wildman–Crippen LogP) is 4.90. The first-order valence-electron chi connectivity index (χ1n) is 10.6. The summed E-state index contributed by atoms with van der Waals surface area (Å²) in [5, 5.41) is 30.2. The molecule has 5 rings (SSSR count). The number of nitrogens with zero attached hydrogens (tertiary/aromatic N) is 2. The Morgan fingerprint density at radius 2 is 1.88 bits per heavy atom. The minimum atomic E-state index is -0.231. The van der Waals surface area contributed by atoms with Crippen LogP contribution in [0.25, 0.3) is 10.9 Å². The number of carbonyl (C=O) groups is 1. The average molecular weight is 451 g/mol. The Bertz CT molecular complexity index is 1500. The number of rotatable bonds is 6. The first kappa shape index (κ1) is 21.0. The third kappa shape index (κ3) is 4.51. The molecule has 8 nitrogen and oxygen atoms in total. The number of H-pyrrole nitrogens is 2. The Morgan fingerprint density at radius 3 is 2.71 bits per heavy atom. The lowest BCUT2D eigenvalue weighted by atomic mass is 10.0. The summed E-state index contributed by atoms with van der Waals surface area (Å²) >= 11 is 0. The highest BCUT2D eigenvalue weighted by atomic mass is 16.3. The monoisotopic (exact) mass is 451 g/mol. The number of aromatic hydroxyl groups is 2. The van der Waals surface area contributed by atoms with E-state index < -0.39 is 0 Å². The van der Waals surface area contributed by atoms with Crippen LogP contribution in [0.15, 0.2) is 84.1 Å². The largest absolute Gasteiger partial charge is 0.508 e. The highest BCUT2D eigenvalue weighted by Gasteiger charge is 2.11. The summed E-state index contributed by atoms with van der Waals surface area (Å²) in [5.74, 6) is -0.0749. The third-order valence-corrected chi connectivity index (χ3v) is 5.41. The molecule has 0 spiro atoms. The van der Waals surface area contributed by atoms with Crippen LogP contribution in [0, 0.1) is 0 Å². The van der Waals surface area contributed by atoms with E-state index in [1.54, 1.807) is 36.7 Å². The van der Waals surface area contributed by atoms with E-state index in [4.69, 9.17) is 0 Å². The van der Waals surface area contributed by atoms with Gasteiger partial charge in [-0.05, 0) is 53.9 Å². The normalized spacial score (nSPS) is 11.3. The first-order valence-corrected chi connectivity index (χ1v) is 10.6. The Hall–Kier alpha value is -4.85. The number of aromatic amines is 2. The van der Waals surface area contributed by atoms with Gasteiger partial charge in [0.05, 0.1) is 23.0 Å². The Morgan fingerprint density at radius 1 is 1.03 bits per heavy atom. The molecule has 34 heavy (non-hydrogen) atoms. The van der Waals surface area contributed by atoms with Gasteiger partial charge in [-0.1, -0.05) is 24.3 Å². The fourth-order valence-corrected chi connectivity index (χ4v) is 3.77. The van der Waals surface area contributed by atoms with Gasteiger partial charge >= 0.3 is 0 Å². The molecule has 0 saturated carbocycles. The molecule has 2 aromatic heterocycles. The SMILES string of the molecule is O=C(Nc1cccc(Cc2ccc3[nH]c(O)c(C=Nc4cccc(O)c4)c3c2)c1)c1cn[nH]c1. The van der Waals surface area contributed by atoms with Crippen molar-refractivity contribution in [3.8, 4) is 11.6 Å². The van der Waals surface area contributed by atoms with E-state index in [0.717, 1.165) is 22.0 Å². The van der Waals surface area contributed by atoms with E-state index in [1.807, 2.05) is 42.5 Å². The van der Waals surface area contributed by atoms with Gasteiger partial charge in [0.2, 0.25) is 0 Å². The molecular formula is C26H21N5O3. The van der Waals surface area contributed by atoms with Crippen LogP contribution in [0.5, 0.6) is 11.6 Å². The van der Waals surface area contributed by atoms with E-state index >= 15 is 0 Å². The van der Waals surface area contributed by atoms with Crippen LogP contribution in [0.2, 0.25) is 0 Å². The van der Waals surface area contributed by atoms with Crippen molar-refractivity contribution in [2.75, 3.05) is 5.32 Å². The van der Waals surface area contributed by atoms with Crippen molar-refractivity contribution >= 4 is 34.4 Å². The summed E-state index contributed by atoms with van der Waals surface area (Å²) in [6.07, 6.45) is 5.24. The van der Waals surface area contributed by atoms with Crippen LogP contribution in [-0.2, 0) is 6.42 Å². The summed E-state index contributed by atoms with van der Waals surface area (Å²) in [6.45, 7) is 0. The summed E-state index contributed by atoms with van der Waals surface area (Å²) < 4.78 is 0. The highest BCUT2D eigenvalue weighted by Crippen LogP contribution is 2.29. The van der Waals surface area contributed by atoms with Crippen LogP contribution in [0.4, 0.5) is 11.4 Å². The van der Waals surface area contributed by atoms with Crippen LogP contribution in [0.1, 0.15) is 27.0 Å². The van der Waals surface area contributed by atoms with Gasteiger partial charge in [-0.2, -0.15) is 5.10 Å². The van der Waals surface area contributed by atoms with E-state index in [9.17, 15) is 15.0 Å². The standard InChI is InChI=1S/C26H21N5O3/c32-21-6-2-4-19(12-21)27-15-23-22-11-17(7-8-24(22)31-26(23)34)9-16-3-1-5-20(10-16)30-25(33)18-13-28-29-14-18/h1-8,10-15,31-32,34H,9H2,(H,28,29)(H,30,33). The fraction of sp³-hybridized carbons (Fsp3) is 0.0385. The number of aromatic nitrogens is 3. The number of nitrogens with one attached hydrogen (secondary N) is 3. The third-order valence-electron chi connectivity index (χ3n) is 5.41. The predicted molar refractivity (Wildman–Crippen MR) is 131 cm³/mol. The van der Waals surface area contributed by atoms with E-state index in [1.165, 1.54) is 6.20 Å². The molecule has 0 aliphatic carbocycles. The number of amides is 1. The molecule has 0 atom stereocenters. The van der Waals surface area contributed by atoms with Crippen molar-refractivity contribution in [1.29, 1.82) is 0 Å². The number of hydrogen-bond donors (Lipinski definition) is 5. The van der Waals surface area contributed by atoms with Crippen LogP contribution in [0.3, 0.4) is 0 Å². The summed E-state index contributed by atoms with van der Waals surface area (Å²) in [4.78, 5) is 19.6.